The number of hydrogen-bond donors (Lipinski definition) is 0. The molecular formula is C55H41N. The molecule has 0 aliphatic heterocycles. The summed E-state index contributed by atoms with van der Waals surface area (Å²) < 4.78 is 0. The molecule has 0 unspecified atom stereocenters. The molecule has 1 nitrogen and oxygen atoms in total. The number of fused-ring (bicyclic) bond motifs is 4. The van der Waals surface area contributed by atoms with Crippen molar-refractivity contribution >= 4 is 27.8 Å². The molecule has 0 bridgehead atoms. The van der Waals surface area contributed by atoms with E-state index in [0.29, 0.717) is 0 Å². The summed E-state index contributed by atoms with van der Waals surface area (Å²) in [5.74, 6) is 0. The van der Waals surface area contributed by atoms with Crippen LogP contribution in [-0.4, -0.2) is 0 Å². The lowest BCUT2D eigenvalue weighted by Gasteiger charge is -2.28. The van der Waals surface area contributed by atoms with E-state index in [1.165, 1.54) is 77.5 Å². The summed E-state index contributed by atoms with van der Waals surface area (Å²) >= 11 is 0. The molecule has 10 rings (SSSR count). The molecular weight excluding hydrogens is 675 g/mol. The highest BCUT2D eigenvalue weighted by molar-refractivity contribution is 6.04. The van der Waals surface area contributed by atoms with Crippen LogP contribution in [0.1, 0.15) is 25.0 Å². The maximum Gasteiger partial charge on any atom is 0.0465 e. The molecule has 0 spiro atoms. The summed E-state index contributed by atoms with van der Waals surface area (Å²) in [4.78, 5) is 2.39. The van der Waals surface area contributed by atoms with Crippen LogP contribution in [0.2, 0.25) is 0 Å². The van der Waals surface area contributed by atoms with Gasteiger partial charge in [0, 0.05) is 22.5 Å². The molecule has 0 saturated heterocycles. The van der Waals surface area contributed by atoms with Gasteiger partial charge in [-0.15, -0.1) is 0 Å². The second-order valence-corrected chi connectivity index (χ2v) is 15.3. The van der Waals surface area contributed by atoms with Crippen LogP contribution >= 0.6 is 0 Å². The normalized spacial score (nSPS) is 12.6. The van der Waals surface area contributed by atoms with Gasteiger partial charge >= 0.3 is 0 Å². The summed E-state index contributed by atoms with van der Waals surface area (Å²) in [6, 6.07) is 77.5. The molecule has 0 heterocycles. The van der Waals surface area contributed by atoms with Gasteiger partial charge in [-0.1, -0.05) is 184 Å². The predicted octanol–water partition coefficient (Wildman–Crippen LogP) is 15.3. The van der Waals surface area contributed by atoms with Crippen LogP contribution in [0.3, 0.4) is 0 Å². The number of anilines is 3. The van der Waals surface area contributed by atoms with Crippen LogP contribution in [0, 0.1) is 0 Å². The van der Waals surface area contributed by atoms with Crippen molar-refractivity contribution in [3.63, 3.8) is 0 Å². The zero-order valence-corrected chi connectivity index (χ0v) is 31.7. The Balaban J connectivity index is 1.07. The van der Waals surface area contributed by atoms with Gasteiger partial charge in [-0.25, -0.2) is 0 Å². The first-order chi connectivity index (χ1) is 27.5. The maximum absolute atomic E-state index is 2.43. The zero-order valence-electron chi connectivity index (χ0n) is 31.7. The zero-order chi connectivity index (χ0) is 37.6. The minimum Gasteiger partial charge on any atom is -0.310 e. The Morgan fingerprint density at radius 2 is 0.893 bits per heavy atom. The SMILES string of the molecule is CC1(C)c2cc(N(c3ccccc3)c3ccc(-c4ccc5ccccc5c4-c4ccccc4)cc3)ccc2-c2c(-c3cccc(-c4ccccc4)c3)cccc21. The Hall–Kier alpha value is -6.96. The monoisotopic (exact) mass is 715 g/mol. The third-order valence-electron chi connectivity index (χ3n) is 11.7. The molecule has 1 aliphatic carbocycles. The minimum absolute atomic E-state index is 0.177. The highest BCUT2D eigenvalue weighted by Crippen LogP contribution is 2.54. The largest absolute Gasteiger partial charge is 0.310 e. The molecule has 1 heteroatoms. The van der Waals surface area contributed by atoms with E-state index in [1.807, 2.05) is 0 Å². The Kier molecular flexibility index (Phi) is 8.23. The number of hydrogen-bond acceptors (Lipinski definition) is 1. The summed E-state index contributed by atoms with van der Waals surface area (Å²) in [5.41, 5.74) is 18.5. The van der Waals surface area contributed by atoms with Gasteiger partial charge in [0.25, 0.3) is 0 Å². The van der Waals surface area contributed by atoms with Crippen molar-refractivity contribution in [2.45, 2.75) is 19.3 Å². The van der Waals surface area contributed by atoms with Gasteiger partial charge in [0.05, 0.1) is 0 Å². The summed E-state index contributed by atoms with van der Waals surface area (Å²) in [5, 5.41) is 2.51. The highest BCUT2D eigenvalue weighted by atomic mass is 15.1. The summed E-state index contributed by atoms with van der Waals surface area (Å²) in [6.45, 7) is 4.75. The van der Waals surface area contributed by atoms with E-state index < -0.39 is 0 Å². The number of benzene rings is 9. The molecule has 0 aromatic heterocycles. The molecule has 0 radical (unpaired) electrons. The van der Waals surface area contributed by atoms with Crippen molar-refractivity contribution in [1.29, 1.82) is 0 Å². The van der Waals surface area contributed by atoms with Gasteiger partial charge in [-0.3, -0.25) is 0 Å². The van der Waals surface area contributed by atoms with Crippen LogP contribution in [0.15, 0.2) is 212 Å². The van der Waals surface area contributed by atoms with Crippen molar-refractivity contribution in [1.82, 2.24) is 0 Å². The molecule has 0 atom stereocenters. The van der Waals surface area contributed by atoms with E-state index in [2.05, 4.69) is 231 Å². The van der Waals surface area contributed by atoms with E-state index in [1.54, 1.807) is 0 Å². The van der Waals surface area contributed by atoms with Crippen LogP contribution in [0.4, 0.5) is 17.1 Å². The van der Waals surface area contributed by atoms with Crippen molar-refractivity contribution in [2.75, 3.05) is 4.90 Å². The number of rotatable bonds is 7. The van der Waals surface area contributed by atoms with Gasteiger partial charge in [0.15, 0.2) is 0 Å². The smallest absolute Gasteiger partial charge is 0.0465 e. The van der Waals surface area contributed by atoms with Gasteiger partial charge in [-0.05, 0) is 120 Å². The molecule has 266 valence electrons. The van der Waals surface area contributed by atoms with Crippen molar-refractivity contribution in [2.24, 2.45) is 0 Å². The van der Waals surface area contributed by atoms with Crippen molar-refractivity contribution in [3.05, 3.63) is 223 Å². The maximum atomic E-state index is 2.43. The van der Waals surface area contributed by atoms with E-state index >= 15 is 0 Å². The molecule has 1 aliphatic rings. The number of nitrogens with zero attached hydrogens (tertiary/aromatic N) is 1. The molecule has 0 N–H and O–H groups in total. The van der Waals surface area contributed by atoms with E-state index in [4.69, 9.17) is 0 Å². The Bertz CT molecular complexity index is 2850. The van der Waals surface area contributed by atoms with E-state index in [-0.39, 0.29) is 5.41 Å². The van der Waals surface area contributed by atoms with Gasteiger partial charge in [0.2, 0.25) is 0 Å². The van der Waals surface area contributed by atoms with Crippen molar-refractivity contribution < 1.29 is 0 Å². The second-order valence-electron chi connectivity index (χ2n) is 15.3. The summed E-state index contributed by atoms with van der Waals surface area (Å²) in [7, 11) is 0. The highest BCUT2D eigenvalue weighted by Gasteiger charge is 2.37. The quantitative estimate of drug-likeness (QED) is 0.159. The molecule has 56 heavy (non-hydrogen) atoms. The Morgan fingerprint density at radius 3 is 1.66 bits per heavy atom. The first-order valence-electron chi connectivity index (χ1n) is 19.5. The third-order valence-corrected chi connectivity index (χ3v) is 11.7. The lowest BCUT2D eigenvalue weighted by atomic mass is 9.81. The predicted molar refractivity (Wildman–Crippen MR) is 238 cm³/mol. The molecule has 0 amide bonds. The fourth-order valence-electron chi connectivity index (χ4n) is 8.89. The standard InChI is InChI=1S/C55H41N/c1-55(2)51-27-15-26-48(43-22-14-21-42(36-43)38-16-6-3-7-17-38)54(51)50-35-33-46(37-52(50)55)56(44-23-10-5-11-24-44)45-31-28-40(29-32-45)49-34-30-39-18-12-13-25-47(39)53(49)41-19-8-4-9-20-41/h3-37H,1-2H3. The Morgan fingerprint density at radius 1 is 0.321 bits per heavy atom. The van der Waals surface area contributed by atoms with Gasteiger partial charge in [-0.2, -0.15) is 0 Å². The van der Waals surface area contributed by atoms with Gasteiger partial charge in [0.1, 0.15) is 0 Å². The molecule has 9 aromatic carbocycles. The first kappa shape index (κ1) is 33.6. The second kappa shape index (κ2) is 13.7. The van der Waals surface area contributed by atoms with Crippen LogP contribution in [0.5, 0.6) is 0 Å². The van der Waals surface area contributed by atoms with Crippen LogP contribution in [0.25, 0.3) is 66.4 Å². The summed E-state index contributed by atoms with van der Waals surface area (Å²) in [6.07, 6.45) is 0. The Labute approximate surface area is 329 Å². The fourth-order valence-corrected chi connectivity index (χ4v) is 8.89. The average molecular weight is 716 g/mol. The van der Waals surface area contributed by atoms with E-state index in [0.717, 1.165) is 17.1 Å². The van der Waals surface area contributed by atoms with Crippen molar-refractivity contribution in [3.8, 4) is 55.6 Å². The average Bonchev–Trinajstić information content (AvgIpc) is 3.50. The fraction of sp³-hybridized carbons (Fsp3) is 0.0545. The molecule has 0 fully saturated rings. The topological polar surface area (TPSA) is 3.24 Å². The first-order valence-corrected chi connectivity index (χ1v) is 19.5. The van der Waals surface area contributed by atoms with Crippen LogP contribution in [-0.2, 0) is 5.41 Å². The minimum atomic E-state index is -0.177. The van der Waals surface area contributed by atoms with E-state index in [9.17, 15) is 0 Å². The lowest BCUT2D eigenvalue weighted by molar-refractivity contribution is 0.660. The molecule has 9 aromatic rings. The van der Waals surface area contributed by atoms with Gasteiger partial charge < -0.3 is 4.90 Å². The molecule has 0 saturated carbocycles. The van der Waals surface area contributed by atoms with Crippen LogP contribution < -0.4 is 4.90 Å². The number of para-hydroxylation sites is 1. The lowest BCUT2D eigenvalue weighted by Crippen LogP contribution is -2.16. The third kappa shape index (κ3) is 5.72.